The smallest absolute Gasteiger partial charge is 0.121 e. The maximum absolute atomic E-state index is 9.35. The van der Waals surface area contributed by atoms with E-state index in [2.05, 4.69) is 28.7 Å². The van der Waals surface area contributed by atoms with E-state index < -0.39 is 0 Å². The average Bonchev–Trinajstić information content (AvgIpc) is 2.78. The zero-order chi connectivity index (χ0) is 14.2. The second-order valence-corrected chi connectivity index (χ2v) is 6.05. The molecule has 0 aliphatic carbocycles. The molecule has 1 aliphatic heterocycles. The van der Waals surface area contributed by atoms with E-state index in [1.54, 1.807) is 0 Å². The summed E-state index contributed by atoms with van der Waals surface area (Å²) in [6, 6.07) is 8.04. The maximum Gasteiger partial charge on any atom is 0.121 e. The van der Waals surface area contributed by atoms with Crippen molar-refractivity contribution in [2.45, 2.75) is 32.1 Å². The summed E-state index contributed by atoms with van der Waals surface area (Å²) in [4.78, 5) is 10.2. The van der Waals surface area contributed by atoms with Gasteiger partial charge in [-0.25, -0.2) is 4.98 Å². The van der Waals surface area contributed by atoms with Crippen LogP contribution in [-0.2, 0) is 11.3 Å². The highest BCUT2D eigenvalue weighted by Gasteiger charge is 2.33. The number of aromatic amines is 1. The van der Waals surface area contributed by atoms with E-state index in [0.29, 0.717) is 0 Å². The summed E-state index contributed by atoms with van der Waals surface area (Å²) in [5.74, 6) is 0.959. The molecule has 2 N–H and O–H groups in total. The number of benzene rings is 1. The highest BCUT2D eigenvalue weighted by atomic mass is 16.5. The van der Waals surface area contributed by atoms with E-state index in [1.165, 1.54) is 0 Å². The molecule has 0 radical (unpaired) electrons. The Morgan fingerprint density at radius 3 is 3.00 bits per heavy atom. The van der Waals surface area contributed by atoms with Crippen LogP contribution in [0.4, 0.5) is 0 Å². The van der Waals surface area contributed by atoms with Crippen LogP contribution >= 0.6 is 0 Å². The molecule has 108 valence electrons. The lowest BCUT2D eigenvalue weighted by Gasteiger charge is -2.42. The van der Waals surface area contributed by atoms with Crippen molar-refractivity contribution in [2.75, 3.05) is 19.7 Å². The van der Waals surface area contributed by atoms with Crippen molar-refractivity contribution in [1.29, 1.82) is 0 Å². The van der Waals surface area contributed by atoms with Gasteiger partial charge in [0.15, 0.2) is 0 Å². The number of imidazole rings is 1. The Labute approximate surface area is 118 Å². The van der Waals surface area contributed by atoms with Crippen LogP contribution in [0.2, 0.25) is 0 Å². The molecule has 1 aliphatic rings. The van der Waals surface area contributed by atoms with Crippen LogP contribution in [-0.4, -0.2) is 51.4 Å². The van der Waals surface area contributed by atoms with Crippen LogP contribution in [0.15, 0.2) is 24.3 Å². The molecule has 1 fully saturated rings. The molecule has 2 heterocycles. The number of aliphatic hydroxyl groups is 1. The fraction of sp³-hybridized carbons (Fsp3) is 0.533. The SMILES string of the molecule is CC1(C)CN(Cc2nc3ccccc3[nH]2)CC(CO)O1. The number of nitrogens with one attached hydrogen (secondary N) is 1. The summed E-state index contributed by atoms with van der Waals surface area (Å²) in [6.45, 7) is 6.48. The van der Waals surface area contributed by atoms with Gasteiger partial charge >= 0.3 is 0 Å². The predicted octanol–water partition coefficient (Wildman–Crippen LogP) is 1.53. The molecule has 5 nitrogen and oxygen atoms in total. The summed E-state index contributed by atoms with van der Waals surface area (Å²) in [7, 11) is 0. The first-order valence-electron chi connectivity index (χ1n) is 7.00. The number of nitrogens with zero attached hydrogens (tertiary/aromatic N) is 2. The molecule has 5 heteroatoms. The summed E-state index contributed by atoms with van der Waals surface area (Å²) in [6.07, 6.45) is -0.122. The van der Waals surface area contributed by atoms with Crippen molar-refractivity contribution in [1.82, 2.24) is 14.9 Å². The first-order chi connectivity index (χ1) is 9.55. The van der Waals surface area contributed by atoms with Gasteiger partial charge in [0.1, 0.15) is 5.82 Å². The van der Waals surface area contributed by atoms with Crippen LogP contribution in [0.5, 0.6) is 0 Å². The van der Waals surface area contributed by atoms with Crippen molar-refractivity contribution in [2.24, 2.45) is 0 Å². The number of rotatable bonds is 3. The Kier molecular flexibility index (Phi) is 3.50. The third-order valence-corrected chi connectivity index (χ3v) is 3.57. The van der Waals surface area contributed by atoms with Gasteiger partial charge in [-0.1, -0.05) is 12.1 Å². The summed E-state index contributed by atoms with van der Waals surface area (Å²) < 4.78 is 5.83. The largest absolute Gasteiger partial charge is 0.394 e. The van der Waals surface area contributed by atoms with Gasteiger partial charge in [-0.2, -0.15) is 0 Å². The van der Waals surface area contributed by atoms with Crippen molar-refractivity contribution >= 4 is 11.0 Å². The lowest BCUT2D eigenvalue weighted by molar-refractivity contribution is -0.151. The molecule has 1 aromatic heterocycles. The van der Waals surface area contributed by atoms with Gasteiger partial charge in [-0.3, -0.25) is 4.90 Å². The molecule has 0 saturated carbocycles. The Morgan fingerprint density at radius 1 is 1.45 bits per heavy atom. The topological polar surface area (TPSA) is 61.4 Å². The molecule has 20 heavy (non-hydrogen) atoms. The number of aliphatic hydroxyl groups excluding tert-OH is 1. The third kappa shape index (κ3) is 2.85. The normalized spacial score (nSPS) is 23.2. The van der Waals surface area contributed by atoms with Gasteiger partial charge in [-0.05, 0) is 26.0 Å². The van der Waals surface area contributed by atoms with Gasteiger partial charge in [-0.15, -0.1) is 0 Å². The molecule has 1 unspecified atom stereocenters. The van der Waals surface area contributed by atoms with Gasteiger partial charge in [0.2, 0.25) is 0 Å². The molecular weight excluding hydrogens is 254 g/mol. The number of morpholine rings is 1. The van der Waals surface area contributed by atoms with Crippen LogP contribution < -0.4 is 0 Å². The zero-order valence-electron chi connectivity index (χ0n) is 12.0. The number of para-hydroxylation sites is 2. The minimum absolute atomic E-state index is 0.0556. The van der Waals surface area contributed by atoms with E-state index in [1.807, 2.05) is 24.3 Å². The van der Waals surface area contributed by atoms with Crippen LogP contribution in [0.25, 0.3) is 11.0 Å². The lowest BCUT2D eigenvalue weighted by atomic mass is 10.1. The van der Waals surface area contributed by atoms with E-state index >= 15 is 0 Å². The Bertz CT molecular complexity index is 561. The number of fused-ring (bicyclic) bond motifs is 1. The van der Waals surface area contributed by atoms with Crippen LogP contribution in [0.1, 0.15) is 19.7 Å². The highest BCUT2D eigenvalue weighted by Crippen LogP contribution is 2.22. The van der Waals surface area contributed by atoms with Gasteiger partial charge in [0.05, 0.1) is 35.9 Å². The molecule has 1 saturated heterocycles. The maximum atomic E-state index is 9.35. The van der Waals surface area contributed by atoms with Crippen LogP contribution in [0, 0.1) is 0 Å². The lowest BCUT2D eigenvalue weighted by Crippen LogP contribution is -2.53. The van der Waals surface area contributed by atoms with Gasteiger partial charge in [0.25, 0.3) is 0 Å². The quantitative estimate of drug-likeness (QED) is 0.892. The first kappa shape index (κ1) is 13.5. The summed E-state index contributed by atoms with van der Waals surface area (Å²) in [5, 5.41) is 9.35. The minimum Gasteiger partial charge on any atom is -0.394 e. The van der Waals surface area contributed by atoms with E-state index in [9.17, 15) is 5.11 Å². The number of hydrogen-bond donors (Lipinski definition) is 2. The van der Waals surface area contributed by atoms with Crippen molar-refractivity contribution in [3.05, 3.63) is 30.1 Å². The summed E-state index contributed by atoms with van der Waals surface area (Å²) in [5.41, 5.74) is 1.82. The number of ether oxygens (including phenoxy) is 1. The second-order valence-electron chi connectivity index (χ2n) is 6.05. The first-order valence-corrected chi connectivity index (χ1v) is 7.00. The fourth-order valence-electron chi connectivity index (χ4n) is 2.92. The molecule has 0 bridgehead atoms. The molecule has 0 amide bonds. The molecule has 1 aromatic carbocycles. The molecular formula is C15H21N3O2. The molecule has 2 aromatic rings. The zero-order valence-corrected chi connectivity index (χ0v) is 12.0. The molecule has 3 rings (SSSR count). The fourth-order valence-corrected chi connectivity index (χ4v) is 2.92. The van der Waals surface area contributed by atoms with E-state index in [-0.39, 0.29) is 18.3 Å². The van der Waals surface area contributed by atoms with Gasteiger partial charge < -0.3 is 14.8 Å². The van der Waals surface area contributed by atoms with Crippen LogP contribution in [0.3, 0.4) is 0 Å². The van der Waals surface area contributed by atoms with Gasteiger partial charge in [0, 0.05) is 13.1 Å². The number of aromatic nitrogens is 2. The Hall–Kier alpha value is -1.43. The Balaban J connectivity index is 1.76. The van der Waals surface area contributed by atoms with E-state index in [0.717, 1.165) is 36.5 Å². The summed E-state index contributed by atoms with van der Waals surface area (Å²) >= 11 is 0. The Morgan fingerprint density at radius 2 is 2.25 bits per heavy atom. The standard InChI is InChI=1S/C15H21N3O2/c1-15(2)10-18(7-11(9-19)20-15)8-14-16-12-5-3-4-6-13(12)17-14/h3-6,11,19H,7-10H2,1-2H3,(H,16,17). The minimum atomic E-state index is -0.238. The second kappa shape index (κ2) is 5.16. The average molecular weight is 275 g/mol. The number of H-pyrrole nitrogens is 1. The number of hydrogen-bond acceptors (Lipinski definition) is 4. The monoisotopic (exact) mass is 275 g/mol. The molecule has 1 atom stereocenters. The van der Waals surface area contributed by atoms with Crippen molar-refractivity contribution in [3.63, 3.8) is 0 Å². The molecule has 0 spiro atoms. The predicted molar refractivity (Wildman–Crippen MR) is 77.4 cm³/mol. The van der Waals surface area contributed by atoms with Crippen molar-refractivity contribution in [3.8, 4) is 0 Å². The third-order valence-electron chi connectivity index (χ3n) is 3.57. The van der Waals surface area contributed by atoms with Crippen molar-refractivity contribution < 1.29 is 9.84 Å². The van der Waals surface area contributed by atoms with E-state index in [4.69, 9.17) is 4.74 Å². The highest BCUT2D eigenvalue weighted by molar-refractivity contribution is 5.74.